The molecule has 1 aliphatic rings. The fourth-order valence-electron chi connectivity index (χ4n) is 5.03. The number of rotatable bonds is 6. The lowest BCUT2D eigenvalue weighted by Gasteiger charge is -2.42. The Morgan fingerprint density at radius 2 is 1.97 bits per heavy atom. The van der Waals surface area contributed by atoms with Crippen molar-refractivity contribution in [2.45, 2.75) is 51.7 Å². The van der Waals surface area contributed by atoms with Crippen LogP contribution in [-0.4, -0.2) is 46.5 Å². The molecular weight excluding hydrogens is 508 g/mol. The number of aryl methyl sites for hydroxylation is 2. The van der Waals surface area contributed by atoms with E-state index in [9.17, 15) is 14.0 Å². The first-order valence-electron chi connectivity index (χ1n) is 12.7. The molecule has 2 aromatic carbocycles. The lowest BCUT2D eigenvalue weighted by Crippen LogP contribution is -2.56. The number of carbonyl (C=O) groups excluding carboxylic acids is 2. The molecule has 0 bridgehead atoms. The molecule has 0 saturated carbocycles. The Labute approximate surface area is 223 Å². The van der Waals surface area contributed by atoms with Crippen LogP contribution in [0.5, 0.6) is 0 Å². The number of amides is 2. The second kappa shape index (κ2) is 10.3. The van der Waals surface area contributed by atoms with Crippen molar-refractivity contribution in [3.63, 3.8) is 0 Å². The largest absolute Gasteiger partial charge is 0.461 e. The lowest BCUT2D eigenvalue weighted by molar-refractivity contribution is 0.00967. The molecule has 38 heavy (non-hydrogen) atoms. The van der Waals surface area contributed by atoms with Crippen molar-refractivity contribution >= 4 is 34.1 Å². The molecule has 1 N–H and O–H groups in total. The molecule has 3 heterocycles. The molecule has 1 saturated heterocycles. The Hall–Kier alpha value is -3.59. The highest BCUT2D eigenvalue weighted by Crippen LogP contribution is 2.36. The first-order valence-corrected chi connectivity index (χ1v) is 13.5. The Bertz CT molecular complexity index is 1500. The van der Waals surface area contributed by atoms with Crippen molar-refractivity contribution in [2.75, 3.05) is 13.1 Å². The van der Waals surface area contributed by atoms with Gasteiger partial charge >= 0.3 is 0 Å². The van der Waals surface area contributed by atoms with Crippen LogP contribution in [0, 0.1) is 19.7 Å². The maximum Gasteiger partial charge on any atom is 0.274 e. The second-order valence-corrected chi connectivity index (χ2v) is 11.0. The molecule has 0 aliphatic carbocycles. The van der Waals surface area contributed by atoms with E-state index in [2.05, 4.69) is 10.3 Å². The number of hydrogen-bond acceptors (Lipinski definition) is 5. The van der Waals surface area contributed by atoms with E-state index in [1.54, 1.807) is 44.2 Å². The molecule has 5 rings (SSSR count). The van der Waals surface area contributed by atoms with Crippen LogP contribution in [-0.2, 0) is 0 Å². The van der Waals surface area contributed by atoms with Gasteiger partial charge in [-0.25, -0.2) is 13.8 Å². The van der Waals surface area contributed by atoms with Gasteiger partial charge in [0.1, 0.15) is 28.5 Å². The SMILES string of the molecule is CCC1(F)CCC(CNC(=O)c2cccc3oc(C)cc23)N(C(=O)c2nc(C)sc2-c2ccc(F)cc2)C1. The van der Waals surface area contributed by atoms with Gasteiger partial charge in [0, 0.05) is 18.0 Å². The van der Waals surface area contributed by atoms with Crippen LogP contribution < -0.4 is 5.32 Å². The van der Waals surface area contributed by atoms with Gasteiger partial charge in [-0.05, 0) is 69.0 Å². The number of hydrogen-bond donors (Lipinski definition) is 1. The minimum absolute atomic E-state index is 0.0845. The Morgan fingerprint density at radius 3 is 2.71 bits per heavy atom. The summed E-state index contributed by atoms with van der Waals surface area (Å²) < 4.78 is 34.7. The van der Waals surface area contributed by atoms with Gasteiger partial charge in [0.25, 0.3) is 11.8 Å². The van der Waals surface area contributed by atoms with E-state index >= 15 is 4.39 Å². The highest BCUT2D eigenvalue weighted by molar-refractivity contribution is 7.15. The molecule has 0 radical (unpaired) electrons. The van der Waals surface area contributed by atoms with Crippen LogP contribution in [0.25, 0.3) is 21.4 Å². The number of fused-ring (bicyclic) bond motifs is 1. The molecule has 2 unspecified atom stereocenters. The highest BCUT2D eigenvalue weighted by atomic mass is 32.1. The van der Waals surface area contributed by atoms with E-state index in [-0.39, 0.29) is 36.9 Å². The molecule has 198 valence electrons. The van der Waals surface area contributed by atoms with Gasteiger partial charge in [-0.1, -0.05) is 25.1 Å². The van der Waals surface area contributed by atoms with Crippen molar-refractivity contribution in [1.29, 1.82) is 0 Å². The number of nitrogens with zero attached hydrogens (tertiary/aromatic N) is 2. The summed E-state index contributed by atoms with van der Waals surface area (Å²) in [4.78, 5) is 33.6. The van der Waals surface area contributed by atoms with E-state index in [1.165, 1.54) is 28.4 Å². The number of thiazole rings is 1. The van der Waals surface area contributed by atoms with E-state index in [0.29, 0.717) is 45.2 Å². The normalized spacial score (nSPS) is 19.6. The van der Waals surface area contributed by atoms with E-state index < -0.39 is 17.6 Å². The van der Waals surface area contributed by atoms with Gasteiger partial charge in [0.15, 0.2) is 0 Å². The number of benzene rings is 2. The van der Waals surface area contributed by atoms with Gasteiger partial charge in [-0.15, -0.1) is 11.3 Å². The molecule has 4 aromatic rings. The molecule has 9 heteroatoms. The predicted molar refractivity (Wildman–Crippen MR) is 144 cm³/mol. The number of halogens is 2. The highest BCUT2D eigenvalue weighted by Gasteiger charge is 2.42. The van der Waals surface area contributed by atoms with Crippen LogP contribution in [0.15, 0.2) is 52.9 Å². The Balaban J connectivity index is 1.41. The molecule has 2 aromatic heterocycles. The van der Waals surface area contributed by atoms with Crippen molar-refractivity contribution < 1.29 is 22.8 Å². The summed E-state index contributed by atoms with van der Waals surface area (Å²) in [5, 5.41) is 4.35. The Morgan fingerprint density at radius 1 is 1.21 bits per heavy atom. The smallest absolute Gasteiger partial charge is 0.274 e. The average molecular weight is 538 g/mol. The summed E-state index contributed by atoms with van der Waals surface area (Å²) in [6.45, 7) is 5.48. The van der Waals surface area contributed by atoms with Gasteiger partial charge in [-0.3, -0.25) is 9.59 Å². The number of aromatic nitrogens is 1. The van der Waals surface area contributed by atoms with Crippen molar-refractivity contribution in [2.24, 2.45) is 0 Å². The molecule has 1 fully saturated rings. The zero-order chi connectivity index (χ0) is 27.0. The molecule has 2 amide bonds. The third-order valence-corrected chi connectivity index (χ3v) is 8.21. The molecule has 1 aliphatic heterocycles. The molecule has 6 nitrogen and oxygen atoms in total. The topological polar surface area (TPSA) is 75.4 Å². The third-order valence-electron chi connectivity index (χ3n) is 7.19. The fourth-order valence-corrected chi connectivity index (χ4v) is 5.95. The monoisotopic (exact) mass is 537 g/mol. The standard InChI is InChI=1S/C29H29F2N3O3S/c1-4-29(31)13-12-21(15-32-27(35)22-6-5-7-24-23(22)14-17(2)37-24)34(16-29)28(36)25-26(38-18(3)33-25)19-8-10-20(30)11-9-19/h5-11,14,21H,4,12-13,15-16H2,1-3H3,(H,32,35). The summed E-state index contributed by atoms with van der Waals surface area (Å²) in [5.74, 6) is -0.344. The van der Waals surface area contributed by atoms with Gasteiger partial charge in [0.05, 0.1) is 22.0 Å². The maximum absolute atomic E-state index is 15.6. The second-order valence-electron chi connectivity index (χ2n) is 9.83. The van der Waals surface area contributed by atoms with Gasteiger partial charge in [0.2, 0.25) is 0 Å². The van der Waals surface area contributed by atoms with Crippen molar-refractivity contribution in [3.05, 3.63) is 76.4 Å². The van der Waals surface area contributed by atoms with Gasteiger partial charge < -0.3 is 14.6 Å². The summed E-state index contributed by atoms with van der Waals surface area (Å²) in [6.07, 6.45) is 0.976. The first kappa shape index (κ1) is 26.0. The lowest BCUT2D eigenvalue weighted by atomic mass is 9.87. The molecule has 0 spiro atoms. The number of nitrogens with one attached hydrogen (secondary N) is 1. The van der Waals surface area contributed by atoms with Crippen LogP contribution >= 0.6 is 11.3 Å². The summed E-state index contributed by atoms with van der Waals surface area (Å²) in [6, 6.07) is 12.6. The van der Waals surface area contributed by atoms with Crippen molar-refractivity contribution in [3.8, 4) is 10.4 Å². The number of carbonyl (C=O) groups is 2. The third kappa shape index (κ3) is 5.07. The van der Waals surface area contributed by atoms with E-state index in [4.69, 9.17) is 4.42 Å². The predicted octanol–water partition coefficient (Wildman–Crippen LogP) is 6.47. The van der Waals surface area contributed by atoms with Crippen LogP contribution in [0.1, 0.15) is 57.8 Å². The average Bonchev–Trinajstić information content (AvgIpc) is 3.49. The molecule has 2 atom stereocenters. The molecular formula is C29H29F2N3O3S. The van der Waals surface area contributed by atoms with E-state index in [1.807, 2.05) is 13.0 Å². The number of furan rings is 1. The maximum atomic E-state index is 15.6. The van der Waals surface area contributed by atoms with Crippen LogP contribution in [0.2, 0.25) is 0 Å². The number of likely N-dealkylation sites (tertiary alicyclic amines) is 1. The minimum Gasteiger partial charge on any atom is -0.461 e. The fraction of sp³-hybridized carbons (Fsp3) is 0.345. The zero-order valence-corrected chi connectivity index (χ0v) is 22.3. The first-order chi connectivity index (χ1) is 18.2. The quantitative estimate of drug-likeness (QED) is 0.306. The zero-order valence-electron chi connectivity index (χ0n) is 21.5. The Kier molecular flexibility index (Phi) is 7.05. The van der Waals surface area contributed by atoms with Crippen LogP contribution in [0.4, 0.5) is 8.78 Å². The minimum atomic E-state index is -1.52. The number of alkyl halides is 1. The van der Waals surface area contributed by atoms with E-state index in [0.717, 1.165) is 5.39 Å². The van der Waals surface area contributed by atoms with Crippen molar-refractivity contribution in [1.82, 2.24) is 15.2 Å². The number of piperidine rings is 1. The summed E-state index contributed by atoms with van der Waals surface area (Å²) >= 11 is 1.34. The van der Waals surface area contributed by atoms with Crippen LogP contribution in [0.3, 0.4) is 0 Å². The summed E-state index contributed by atoms with van der Waals surface area (Å²) in [7, 11) is 0. The van der Waals surface area contributed by atoms with Gasteiger partial charge in [-0.2, -0.15) is 0 Å². The summed E-state index contributed by atoms with van der Waals surface area (Å²) in [5.41, 5.74) is 0.483.